The molecule has 0 saturated carbocycles. The monoisotopic (exact) mass is 390 g/mol. The maximum atomic E-state index is 12.6. The van der Waals surface area contributed by atoms with Crippen molar-refractivity contribution < 1.29 is 27.2 Å². The molecule has 0 unspecified atom stereocenters. The van der Waals surface area contributed by atoms with Crippen LogP contribution in [0.2, 0.25) is 0 Å². The number of carbonyl (C=O) groups excluding carboxylic acids is 1. The normalized spacial score (nSPS) is 11.3. The predicted octanol–water partition coefficient (Wildman–Crippen LogP) is 4.82. The Morgan fingerprint density at radius 2 is 1.82 bits per heavy atom. The molecule has 0 aliphatic rings. The molecule has 3 aromatic rings. The van der Waals surface area contributed by atoms with E-state index in [0.29, 0.717) is 5.69 Å². The van der Waals surface area contributed by atoms with Crippen LogP contribution in [0.25, 0.3) is 11.3 Å². The lowest BCUT2D eigenvalue weighted by atomic mass is 10.1. The molecule has 0 saturated heterocycles. The van der Waals surface area contributed by atoms with E-state index in [-0.39, 0.29) is 23.6 Å². The van der Waals surface area contributed by atoms with Crippen molar-refractivity contribution in [3.8, 4) is 17.0 Å². The highest BCUT2D eigenvalue weighted by atomic mass is 19.4. The highest BCUT2D eigenvalue weighted by molar-refractivity contribution is 5.92. The molecule has 5 nitrogen and oxygen atoms in total. The number of hydrogen-bond acceptors (Lipinski definition) is 4. The zero-order chi connectivity index (χ0) is 20.3. The van der Waals surface area contributed by atoms with Gasteiger partial charge in [-0.2, -0.15) is 0 Å². The van der Waals surface area contributed by atoms with Gasteiger partial charge in [-0.15, -0.1) is 13.2 Å². The summed E-state index contributed by atoms with van der Waals surface area (Å²) < 4.78 is 46.8. The second-order valence-corrected chi connectivity index (χ2v) is 6.26. The van der Waals surface area contributed by atoms with E-state index in [1.165, 1.54) is 36.2 Å². The van der Waals surface area contributed by atoms with Crippen LogP contribution in [0.15, 0.2) is 59.1 Å². The van der Waals surface area contributed by atoms with Gasteiger partial charge in [0.25, 0.3) is 5.91 Å². The Morgan fingerprint density at radius 3 is 2.50 bits per heavy atom. The standard InChI is InChI=1S/C20H17F3N2O3/c1-13-7-9-14(10-8-13)16-11-18(28-24-16)19(26)25(2)12-15-5-3-4-6-17(15)27-20(21,22)23/h3-11H,12H2,1-2H3. The predicted molar refractivity (Wildman–Crippen MR) is 95.6 cm³/mol. The third-order valence-corrected chi connectivity index (χ3v) is 4.02. The van der Waals surface area contributed by atoms with Crippen LogP contribution in [-0.2, 0) is 6.54 Å². The number of hydrogen-bond donors (Lipinski definition) is 0. The molecular formula is C20H17F3N2O3. The average Bonchev–Trinajstić information content (AvgIpc) is 3.12. The first-order valence-corrected chi connectivity index (χ1v) is 8.36. The first kappa shape index (κ1) is 19.5. The minimum absolute atomic E-state index is 0.00713. The van der Waals surface area contributed by atoms with E-state index in [1.54, 1.807) is 6.07 Å². The molecule has 0 radical (unpaired) electrons. The summed E-state index contributed by atoms with van der Waals surface area (Å²) in [6.45, 7) is 1.86. The number of ether oxygens (including phenoxy) is 1. The van der Waals surface area contributed by atoms with Crippen LogP contribution in [-0.4, -0.2) is 29.4 Å². The Hall–Kier alpha value is -3.29. The van der Waals surface area contributed by atoms with Gasteiger partial charge in [0, 0.05) is 30.8 Å². The van der Waals surface area contributed by atoms with E-state index in [2.05, 4.69) is 9.89 Å². The van der Waals surface area contributed by atoms with Crippen molar-refractivity contribution in [2.45, 2.75) is 19.8 Å². The minimum Gasteiger partial charge on any atom is -0.405 e. The smallest absolute Gasteiger partial charge is 0.405 e. The number of aryl methyl sites for hydroxylation is 1. The second-order valence-electron chi connectivity index (χ2n) is 6.26. The first-order valence-electron chi connectivity index (χ1n) is 8.36. The van der Waals surface area contributed by atoms with Gasteiger partial charge in [-0.3, -0.25) is 4.79 Å². The molecule has 2 aromatic carbocycles. The van der Waals surface area contributed by atoms with Gasteiger partial charge in [-0.25, -0.2) is 0 Å². The largest absolute Gasteiger partial charge is 0.573 e. The number of amides is 1. The van der Waals surface area contributed by atoms with E-state index < -0.39 is 12.3 Å². The van der Waals surface area contributed by atoms with Crippen molar-refractivity contribution in [3.63, 3.8) is 0 Å². The number of halogens is 3. The molecule has 1 heterocycles. The Morgan fingerprint density at radius 1 is 1.14 bits per heavy atom. The molecule has 0 atom stereocenters. The van der Waals surface area contributed by atoms with Gasteiger partial charge in [0.05, 0.1) is 0 Å². The molecule has 0 bridgehead atoms. The minimum atomic E-state index is -4.81. The highest BCUT2D eigenvalue weighted by Crippen LogP contribution is 2.27. The maximum absolute atomic E-state index is 12.6. The summed E-state index contributed by atoms with van der Waals surface area (Å²) in [5, 5.41) is 3.90. The summed E-state index contributed by atoms with van der Waals surface area (Å²) in [5.41, 5.74) is 2.59. The zero-order valence-corrected chi connectivity index (χ0v) is 15.2. The van der Waals surface area contributed by atoms with Gasteiger partial charge in [-0.1, -0.05) is 53.2 Å². The fourth-order valence-corrected chi connectivity index (χ4v) is 2.61. The molecule has 146 valence electrons. The van der Waals surface area contributed by atoms with Gasteiger partial charge in [0.2, 0.25) is 5.76 Å². The summed E-state index contributed by atoms with van der Waals surface area (Å²) >= 11 is 0. The number of alkyl halides is 3. The van der Waals surface area contributed by atoms with Gasteiger partial charge in [0.1, 0.15) is 11.4 Å². The van der Waals surface area contributed by atoms with Gasteiger partial charge in [0.15, 0.2) is 0 Å². The summed E-state index contributed by atoms with van der Waals surface area (Å²) in [5.74, 6) is -0.868. The van der Waals surface area contributed by atoms with Crippen molar-refractivity contribution in [1.82, 2.24) is 10.1 Å². The Balaban J connectivity index is 1.75. The van der Waals surface area contributed by atoms with Gasteiger partial charge >= 0.3 is 6.36 Å². The fraction of sp³-hybridized carbons (Fsp3) is 0.200. The molecule has 3 rings (SSSR count). The summed E-state index contributed by atoms with van der Waals surface area (Å²) in [4.78, 5) is 13.8. The Labute approximate surface area is 159 Å². The third kappa shape index (κ3) is 4.70. The SMILES string of the molecule is Cc1ccc(-c2cc(C(=O)N(C)Cc3ccccc3OC(F)(F)F)on2)cc1. The van der Waals surface area contributed by atoms with Crippen LogP contribution in [0.5, 0.6) is 5.75 Å². The van der Waals surface area contributed by atoms with Crippen LogP contribution >= 0.6 is 0 Å². The number of benzene rings is 2. The Bertz CT molecular complexity index is 965. The van der Waals surface area contributed by atoms with E-state index >= 15 is 0 Å². The topological polar surface area (TPSA) is 55.6 Å². The summed E-state index contributed by atoms with van der Waals surface area (Å²) in [6.07, 6.45) is -4.81. The summed E-state index contributed by atoms with van der Waals surface area (Å²) in [7, 11) is 1.46. The van der Waals surface area contributed by atoms with Crippen molar-refractivity contribution in [2.24, 2.45) is 0 Å². The Kier molecular flexibility index (Phi) is 5.39. The van der Waals surface area contributed by atoms with Gasteiger partial charge < -0.3 is 14.2 Å². The molecule has 1 aromatic heterocycles. The van der Waals surface area contributed by atoms with Crippen molar-refractivity contribution in [2.75, 3.05) is 7.05 Å². The zero-order valence-electron chi connectivity index (χ0n) is 15.2. The summed E-state index contributed by atoms with van der Waals surface area (Å²) in [6, 6.07) is 14.7. The van der Waals surface area contributed by atoms with Crippen LogP contribution < -0.4 is 4.74 Å². The van der Waals surface area contributed by atoms with Crippen LogP contribution in [0.1, 0.15) is 21.7 Å². The average molecular weight is 390 g/mol. The number of aromatic nitrogens is 1. The number of rotatable bonds is 5. The van der Waals surface area contributed by atoms with Crippen molar-refractivity contribution in [3.05, 3.63) is 71.5 Å². The number of nitrogens with zero attached hydrogens (tertiary/aromatic N) is 2. The highest BCUT2D eigenvalue weighted by Gasteiger charge is 2.32. The van der Waals surface area contributed by atoms with E-state index in [9.17, 15) is 18.0 Å². The van der Waals surface area contributed by atoms with Crippen LogP contribution in [0.3, 0.4) is 0 Å². The van der Waals surface area contributed by atoms with Crippen LogP contribution in [0, 0.1) is 6.92 Å². The lowest BCUT2D eigenvalue weighted by Crippen LogP contribution is -2.26. The van der Waals surface area contributed by atoms with Gasteiger partial charge in [-0.05, 0) is 13.0 Å². The molecule has 8 heteroatoms. The fourth-order valence-electron chi connectivity index (χ4n) is 2.61. The molecule has 0 aliphatic carbocycles. The van der Waals surface area contributed by atoms with E-state index in [1.807, 2.05) is 31.2 Å². The molecule has 1 amide bonds. The molecular weight excluding hydrogens is 373 g/mol. The maximum Gasteiger partial charge on any atom is 0.573 e. The second kappa shape index (κ2) is 7.75. The molecule has 0 fully saturated rings. The lowest BCUT2D eigenvalue weighted by Gasteiger charge is -2.18. The number of para-hydroxylation sites is 1. The number of carbonyl (C=O) groups is 1. The quantitative estimate of drug-likeness (QED) is 0.627. The molecule has 0 N–H and O–H groups in total. The van der Waals surface area contributed by atoms with E-state index in [0.717, 1.165) is 11.1 Å². The first-order chi connectivity index (χ1) is 13.2. The van der Waals surface area contributed by atoms with Crippen molar-refractivity contribution >= 4 is 5.91 Å². The molecule has 28 heavy (non-hydrogen) atoms. The molecule has 0 aliphatic heterocycles. The lowest BCUT2D eigenvalue weighted by molar-refractivity contribution is -0.275. The third-order valence-electron chi connectivity index (χ3n) is 4.02. The van der Waals surface area contributed by atoms with Crippen molar-refractivity contribution in [1.29, 1.82) is 0 Å². The van der Waals surface area contributed by atoms with E-state index in [4.69, 9.17) is 4.52 Å². The van der Waals surface area contributed by atoms with Crippen LogP contribution in [0.4, 0.5) is 13.2 Å². The molecule has 0 spiro atoms.